The Morgan fingerprint density at radius 1 is 1.04 bits per heavy atom. The van der Waals surface area contributed by atoms with Gasteiger partial charge in [-0.3, -0.25) is 0 Å². The van der Waals surface area contributed by atoms with Crippen LogP contribution < -0.4 is 10.2 Å². The molecule has 0 amide bonds. The lowest BCUT2D eigenvalue weighted by atomic mass is 10.0. The number of hydrogen-bond donors (Lipinski definition) is 1. The van der Waals surface area contributed by atoms with E-state index in [4.69, 9.17) is 14.7 Å². The van der Waals surface area contributed by atoms with E-state index in [2.05, 4.69) is 34.5 Å². The fourth-order valence-corrected chi connectivity index (χ4v) is 3.43. The summed E-state index contributed by atoms with van der Waals surface area (Å²) in [5, 5.41) is 3.36. The third-order valence-electron chi connectivity index (χ3n) is 4.74. The van der Waals surface area contributed by atoms with Gasteiger partial charge in [-0.05, 0) is 24.5 Å². The molecule has 0 spiro atoms. The van der Waals surface area contributed by atoms with E-state index < -0.39 is 0 Å². The largest absolute Gasteiger partial charge is 0.383 e. The number of anilines is 3. The molecule has 4 rings (SSSR count). The number of nitrogens with one attached hydrogen (secondary N) is 1. The Balaban J connectivity index is 1.75. The molecule has 138 valence electrons. The van der Waals surface area contributed by atoms with E-state index in [1.807, 2.05) is 36.4 Å². The lowest BCUT2D eigenvalue weighted by molar-refractivity contribution is 0.210. The standard InChI is InChI=1S/C22H24N4O/c1-27-15-13-23-20-16-21(25-22(24-20)18-9-3-2-4-10-18)26-14-7-11-17-8-5-6-12-19(17)26/h2-6,8-10,12,16H,7,11,13-15H2,1H3,(H,23,24,25). The van der Waals surface area contributed by atoms with Crippen molar-refractivity contribution in [1.29, 1.82) is 0 Å². The molecule has 0 aliphatic carbocycles. The van der Waals surface area contributed by atoms with Crippen LogP contribution in [0.15, 0.2) is 60.7 Å². The van der Waals surface area contributed by atoms with Gasteiger partial charge in [-0.2, -0.15) is 0 Å². The number of rotatable bonds is 6. The second-order valence-electron chi connectivity index (χ2n) is 6.60. The van der Waals surface area contributed by atoms with Crippen LogP contribution in [0.1, 0.15) is 12.0 Å². The number of benzene rings is 2. The van der Waals surface area contributed by atoms with Gasteiger partial charge in [-0.15, -0.1) is 0 Å². The highest BCUT2D eigenvalue weighted by molar-refractivity contribution is 5.69. The van der Waals surface area contributed by atoms with Crippen molar-refractivity contribution in [2.24, 2.45) is 0 Å². The number of methoxy groups -OCH3 is 1. The maximum Gasteiger partial charge on any atom is 0.163 e. The van der Waals surface area contributed by atoms with E-state index in [-0.39, 0.29) is 0 Å². The van der Waals surface area contributed by atoms with E-state index >= 15 is 0 Å². The van der Waals surface area contributed by atoms with E-state index in [0.29, 0.717) is 13.2 Å². The smallest absolute Gasteiger partial charge is 0.163 e. The minimum atomic E-state index is 0.632. The lowest BCUT2D eigenvalue weighted by Gasteiger charge is -2.30. The zero-order valence-electron chi connectivity index (χ0n) is 15.6. The van der Waals surface area contributed by atoms with Gasteiger partial charge in [0.1, 0.15) is 11.6 Å². The van der Waals surface area contributed by atoms with E-state index in [0.717, 1.165) is 42.4 Å². The topological polar surface area (TPSA) is 50.3 Å². The van der Waals surface area contributed by atoms with E-state index in [1.165, 1.54) is 11.3 Å². The molecule has 0 bridgehead atoms. The number of nitrogens with zero attached hydrogens (tertiary/aromatic N) is 3. The summed E-state index contributed by atoms with van der Waals surface area (Å²) >= 11 is 0. The molecule has 2 heterocycles. The molecule has 1 aromatic heterocycles. The van der Waals surface area contributed by atoms with Crippen molar-refractivity contribution < 1.29 is 4.74 Å². The number of para-hydroxylation sites is 1. The van der Waals surface area contributed by atoms with Gasteiger partial charge in [0.05, 0.1) is 6.61 Å². The zero-order chi connectivity index (χ0) is 18.5. The molecular formula is C22H24N4O. The molecule has 0 fully saturated rings. The monoisotopic (exact) mass is 360 g/mol. The molecule has 0 unspecified atom stereocenters. The van der Waals surface area contributed by atoms with Crippen LogP contribution in [0, 0.1) is 0 Å². The number of hydrogen-bond acceptors (Lipinski definition) is 5. The molecule has 1 aliphatic rings. The van der Waals surface area contributed by atoms with Gasteiger partial charge in [0, 0.05) is 37.5 Å². The predicted octanol–water partition coefficient (Wildman–Crippen LogP) is 4.29. The molecule has 0 saturated heterocycles. The average Bonchev–Trinajstić information content (AvgIpc) is 2.74. The van der Waals surface area contributed by atoms with Gasteiger partial charge in [0.25, 0.3) is 0 Å². The number of aryl methyl sites for hydroxylation is 1. The number of fused-ring (bicyclic) bond motifs is 1. The van der Waals surface area contributed by atoms with Crippen LogP contribution in [0.3, 0.4) is 0 Å². The first-order valence-corrected chi connectivity index (χ1v) is 9.38. The first-order chi connectivity index (χ1) is 13.3. The second-order valence-corrected chi connectivity index (χ2v) is 6.60. The Hall–Kier alpha value is -2.92. The van der Waals surface area contributed by atoms with Gasteiger partial charge in [0.15, 0.2) is 5.82 Å². The average molecular weight is 360 g/mol. The third kappa shape index (κ3) is 3.93. The Kier molecular flexibility index (Phi) is 5.30. The fourth-order valence-electron chi connectivity index (χ4n) is 3.43. The van der Waals surface area contributed by atoms with Crippen LogP contribution in [-0.2, 0) is 11.2 Å². The quantitative estimate of drug-likeness (QED) is 0.665. The Bertz CT molecular complexity index is 898. The van der Waals surface area contributed by atoms with E-state index in [1.54, 1.807) is 7.11 Å². The molecule has 27 heavy (non-hydrogen) atoms. The molecule has 0 saturated carbocycles. The number of ether oxygens (including phenoxy) is 1. The molecular weight excluding hydrogens is 336 g/mol. The summed E-state index contributed by atoms with van der Waals surface area (Å²) in [6.07, 6.45) is 2.23. The Morgan fingerprint density at radius 3 is 2.70 bits per heavy atom. The lowest BCUT2D eigenvalue weighted by Crippen LogP contribution is -2.25. The summed E-state index contributed by atoms with van der Waals surface area (Å²) in [5.74, 6) is 2.48. The highest BCUT2D eigenvalue weighted by Gasteiger charge is 2.20. The maximum atomic E-state index is 5.16. The van der Waals surface area contributed by atoms with Gasteiger partial charge < -0.3 is 15.0 Å². The first-order valence-electron chi connectivity index (χ1n) is 9.38. The van der Waals surface area contributed by atoms with Crippen LogP contribution >= 0.6 is 0 Å². The summed E-state index contributed by atoms with van der Waals surface area (Å²) in [7, 11) is 1.70. The molecule has 2 aromatic carbocycles. The van der Waals surface area contributed by atoms with Crippen molar-refractivity contribution in [3.63, 3.8) is 0 Å². The molecule has 5 heteroatoms. The highest BCUT2D eigenvalue weighted by Crippen LogP contribution is 2.34. The molecule has 1 aliphatic heterocycles. The third-order valence-corrected chi connectivity index (χ3v) is 4.74. The summed E-state index contributed by atoms with van der Waals surface area (Å²) in [5.41, 5.74) is 3.63. The molecule has 0 radical (unpaired) electrons. The fraction of sp³-hybridized carbons (Fsp3) is 0.273. The van der Waals surface area contributed by atoms with Crippen LogP contribution in [-0.4, -0.2) is 36.8 Å². The summed E-state index contributed by atoms with van der Waals surface area (Å²) in [6, 6.07) is 20.7. The Morgan fingerprint density at radius 2 is 1.85 bits per heavy atom. The van der Waals surface area contributed by atoms with Crippen molar-refractivity contribution in [2.75, 3.05) is 37.0 Å². The zero-order valence-corrected chi connectivity index (χ0v) is 15.6. The summed E-state index contributed by atoms with van der Waals surface area (Å²) < 4.78 is 5.16. The predicted molar refractivity (Wildman–Crippen MR) is 110 cm³/mol. The van der Waals surface area contributed by atoms with Crippen molar-refractivity contribution in [2.45, 2.75) is 12.8 Å². The molecule has 3 aromatic rings. The van der Waals surface area contributed by atoms with Crippen molar-refractivity contribution in [3.8, 4) is 11.4 Å². The van der Waals surface area contributed by atoms with Crippen LogP contribution in [0.25, 0.3) is 11.4 Å². The first kappa shape index (κ1) is 17.5. The SMILES string of the molecule is COCCNc1cc(N2CCCc3ccccc32)nc(-c2ccccc2)n1. The minimum Gasteiger partial charge on any atom is -0.383 e. The van der Waals surface area contributed by atoms with Gasteiger partial charge in [-0.1, -0.05) is 48.5 Å². The van der Waals surface area contributed by atoms with Gasteiger partial charge in [-0.25, -0.2) is 9.97 Å². The molecule has 0 atom stereocenters. The summed E-state index contributed by atoms with van der Waals surface area (Å²) in [6.45, 7) is 2.30. The second kappa shape index (κ2) is 8.18. The van der Waals surface area contributed by atoms with Crippen molar-refractivity contribution in [1.82, 2.24) is 9.97 Å². The van der Waals surface area contributed by atoms with Crippen molar-refractivity contribution in [3.05, 3.63) is 66.2 Å². The number of aromatic nitrogens is 2. The highest BCUT2D eigenvalue weighted by atomic mass is 16.5. The summed E-state index contributed by atoms with van der Waals surface area (Å²) in [4.78, 5) is 11.9. The molecule has 1 N–H and O–H groups in total. The van der Waals surface area contributed by atoms with Gasteiger partial charge in [0.2, 0.25) is 0 Å². The van der Waals surface area contributed by atoms with Crippen LogP contribution in [0.4, 0.5) is 17.3 Å². The Labute approximate surface area is 160 Å². The molecule has 5 nitrogen and oxygen atoms in total. The van der Waals surface area contributed by atoms with Crippen LogP contribution in [0.5, 0.6) is 0 Å². The minimum absolute atomic E-state index is 0.632. The normalized spacial score (nSPS) is 13.3. The van der Waals surface area contributed by atoms with E-state index in [9.17, 15) is 0 Å². The van der Waals surface area contributed by atoms with Crippen LogP contribution in [0.2, 0.25) is 0 Å². The van der Waals surface area contributed by atoms with Crippen molar-refractivity contribution >= 4 is 17.3 Å². The van der Waals surface area contributed by atoms with Gasteiger partial charge >= 0.3 is 0 Å². The maximum absolute atomic E-state index is 5.16.